The zero-order chi connectivity index (χ0) is 7.11. The van der Waals surface area contributed by atoms with Crippen LogP contribution in [-0.2, 0) is 0 Å². The van der Waals surface area contributed by atoms with E-state index < -0.39 is 0 Å². The zero-order valence-corrected chi connectivity index (χ0v) is 5.15. The van der Waals surface area contributed by atoms with Gasteiger partial charge in [-0.3, -0.25) is 0 Å². The van der Waals surface area contributed by atoms with E-state index in [2.05, 4.69) is 15.9 Å². The predicted octanol–water partition coefficient (Wildman–Crippen LogP) is 1.87. The predicted molar refractivity (Wildman–Crippen MR) is 36.6 cm³/mol. The van der Waals surface area contributed by atoms with Crippen molar-refractivity contribution in [3.05, 3.63) is 22.6 Å². The van der Waals surface area contributed by atoms with Crippen molar-refractivity contribution < 1.29 is 0 Å². The van der Waals surface area contributed by atoms with Crippen molar-refractivity contribution in [3.63, 3.8) is 0 Å². The molecule has 0 saturated carbocycles. The maximum atomic E-state index is 7.91. The standard InChI is InChI=1S/C6H7N3/c1-3-4-5-6(2)8-9-7/h1,4-6H,2H3/b5-4-. The van der Waals surface area contributed by atoms with E-state index in [1.165, 1.54) is 6.08 Å². The Morgan fingerprint density at radius 2 is 2.56 bits per heavy atom. The van der Waals surface area contributed by atoms with Gasteiger partial charge in [0.1, 0.15) is 0 Å². The van der Waals surface area contributed by atoms with E-state index in [1.807, 2.05) is 0 Å². The van der Waals surface area contributed by atoms with Crippen LogP contribution < -0.4 is 0 Å². The lowest BCUT2D eigenvalue weighted by molar-refractivity contribution is 0.912. The van der Waals surface area contributed by atoms with Crippen LogP contribution in [0.4, 0.5) is 0 Å². The van der Waals surface area contributed by atoms with E-state index in [4.69, 9.17) is 12.0 Å². The molecule has 3 heteroatoms. The Morgan fingerprint density at radius 3 is 3.00 bits per heavy atom. The number of allylic oxidation sites excluding steroid dienone is 1. The molecule has 3 nitrogen and oxygen atoms in total. The van der Waals surface area contributed by atoms with Crippen molar-refractivity contribution in [3.8, 4) is 12.3 Å². The van der Waals surface area contributed by atoms with Gasteiger partial charge in [0.15, 0.2) is 0 Å². The summed E-state index contributed by atoms with van der Waals surface area (Å²) in [5.74, 6) is 2.29. The molecule has 46 valence electrons. The summed E-state index contributed by atoms with van der Waals surface area (Å²) >= 11 is 0. The summed E-state index contributed by atoms with van der Waals surface area (Å²) in [6.07, 6.45) is 8.07. The van der Waals surface area contributed by atoms with Crippen LogP contribution in [0.5, 0.6) is 0 Å². The summed E-state index contributed by atoms with van der Waals surface area (Å²) in [5.41, 5.74) is 7.91. The summed E-state index contributed by atoms with van der Waals surface area (Å²) in [6, 6.07) is -0.147. The highest BCUT2D eigenvalue weighted by Gasteiger charge is 1.85. The maximum Gasteiger partial charge on any atom is 0.0535 e. The van der Waals surface area contributed by atoms with Crippen molar-refractivity contribution in [1.82, 2.24) is 0 Å². The summed E-state index contributed by atoms with van der Waals surface area (Å²) in [7, 11) is 0. The van der Waals surface area contributed by atoms with E-state index in [0.29, 0.717) is 0 Å². The summed E-state index contributed by atoms with van der Waals surface area (Å²) < 4.78 is 0. The monoisotopic (exact) mass is 121 g/mol. The average molecular weight is 121 g/mol. The fourth-order valence-electron chi connectivity index (χ4n) is 0.315. The fourth-order valence-corrected chi connectivity index (χ4v) is 0.315. The van der Waals surface area contributed by atoms with Crippen LogP contribution in [0.25, 0.3) is 10.4 Å². The number of terminal acetylenes is 1. The molecule has 1 atom stereocenters. The third-order valence-corrected chi connectivity index (χ3v) is 0.705. The molecule has 0 saturated heterocycles. The second-order valence-electron chi connectivity index (χ2n) is 1.47. The summed E-state index contributed by atoms with van der Waals surface area (Å²) in [5, 5.41) is 3.36. The molecule has 0 aromatic rings. The van der Waals surface area contributed by atoms with Gasteiger partial charge in [0.2, 0.25) is 0 Å². The molecule has 0 spiro atoms. The second kappa shape index (κ2) is 4.76. The second-order valence-corrected chi connectivity index (χ2v) is 1.47. The molecule has 0 heterocycles. The Hall–Kier alpha value is -1.39. The minimum atomic E-state index is -0.147. The van der Waals surface area contributed by atoms with Gasteiger partial charge < -0.3 is 0 Å². The van der Waals surface area contributed by atoms with Gasteiger partial charge in [-0.15, -0.1) is 6.42 Å². The Balaban J connectivity index is 3.79. The molecule has 0 aliphatic rings. The molecule has 0 rings (SSSR count). The first-order valence-corrected chi connectivity index (χ1v) is 2.48. The molecular weight excluding hydrogens is 114 g/mol. The highest BCUT2D eigenvalue weighted by atomic mass is 15.1. The Labute approximate surface area is 54.0 Å². The lowest BCUT2D eigenvalue weighted by Crippen LogP contribution is -1.86. The van der Waals surface area contributed by atoms with Crippen LogP contribution >= 0.6 is 0 Å². The molecule has 1 unspecified atom stereocenters. The van der Waals surface area contributed by atoms with Crippen molar-refractivity contribution in [1.29, 1.82) is 0 Å². The molecule has 0 aliphatic carbocycles. The quantitative estimate of drug-likeness (QED) is 0.232. The van der Waals surface area contributed by atoms with Gasteiger partial charge >= 0.3 is 0 Å². The number of rotatable bonds is 2. The Bertz CT molecular complexity index is 181. The molecule has 0 aliphatic heterocycles. The molecule has 0 aromatic heterocycles. The lowest BCUT2D eigenvalue weighted by atomic mass is 10.3. The van der Waals surface area contributed by atoms with Gasteiger partial charge in [0.05, 0.1) is 6.04 Å². The first-order valence-electron chi connectivity index (χ1n) is 2.48. The minimum Gasteiger partial charge on any atom is -0.115 e. The first kappa shape index (κ1) is 7.61. The Kier molecular flexibility index (Phi) is 4.03. The van der Waals surface area contributed by atoms with Crippen molar-refractivity contribution in [2.75, 3.05) is 0 Å². The molecule has 9 heavy (non-hydrogen) atoms. The normalized spacial score (nSPS) is 12.0. The fraction of sp³-hybridized carbons (Fsp3) is 0.333. The lowest BCUT2D eigenvalue weighted by Gasteiger charge is -1.88. The maximum absolute atomic E-state index is 7.91. The van der Waals surface area contributed by atoms with Crippen LogP contribution in [0.1, 0.15) is 6.92 Å². The van der Waals surface area contributed by atoms with Gasteiger partial charge in [-0.2, -0.15) is 0 Å². The van der Waals surface area contributed by atoms with Crippen molar-refractivity contribution >= 4 is 0 Å². The van der Waals surface area contributed by atoms with Crippen LogP contribution in [0.15, 0.2) is 17.3 Å². The molecule has 0 bridgehead atoms. The van der Waals surface area contributed by atoms with Crippen LogP contribution in [-0.4, -0.2) is 6.04 Å². The summed E-state index contributed by atoms with van der Waals surface area (Å²) in [6.45, 7) is 1.76. The minimum absolute atomic E-state index is 0.147. The number of hydrogen-bond acceptors (Lipinski definition) is 1. The third-order valence-electron chi connectivity index (χ3n) is 0.705. The van der Waals surface area contributed by atoms with E-state index in [0.717, 1.165) is 0 Å². The van der Waals surface area contributed by atoms with E-state index in [1.54, 1.807) is 13.0 Å². The number of nitrogens with zero attached hydrogens (tertiary/aromatic N) is 3. The topological polar surface area (TPSA) is 48.8 Å². The Morgan fingerprint density at radius 1 is 1.89 bits per heavy atom. The van der Waals surface area contributed by atoms with E-state index in [-0.39, 0.29) is 6.04 Å². The van der Waals surface area contributed by atoms with Gasteiger partial charge in [0.25, 0.3) is 0 Å². The zero-order valence-electron chi connectivity index (χ0n) is 5.15. The smallest absolute Gasteiger partial charge is 0.0535 e. The molecule has 0 aromatic carbocycles. The van der Waals surface area contributed by atoms with Gasteiger partial charge in [-0.25, -0.2) is 0 Å². The number of hydrogen-bond donors (Lipinski definition) is 0. The highest BCUT2D eigenvalue weighted by Crippen LogP contribution is 1.90. The van der Waals surface area contributed by atoms with E-state index >= 15 is 0 Å². The summed E-state index contributed by atoms with van der Waals surface area (Å²) in [4.78, 5) is 2.59. The SMILES string of the molecule is C#C/C=C\C(C)N=[N+]=[N-]. The van der Waals surface area contributed by atoms with Gasteiger partial charge in [0, 0.05) is 4.91 Å². The van der Waals surface area contributed by atoms with Crippen LogP contribution in [0.2, 0.25) is 0 Å². The third kappa shape index (κ3) is 4.46. The van der Waals surface area contributed by atoms with Crippen molar-refractivity contribution in [2.24, 2.45) is 5.11 Å². The molecule has 0 fully saturated rings. The molecule has 0 radical (unpaired) electrons. The van der Waals surface area contributed by atoms with Gasteiger partial charge in [-0.05, 0) is 11.6 Å². The van der Waals surface area contributed by atoms with E-state index in [9.17, 15) is 0 Å². The first-order chi connectivity index (χ1) is 4.31. The van der Waals surface area contributed by atoms with Crippen LogP contribution in [0.3, 0.4) is 0 Å². The molecular formula is C6H7N3. The number of azide groups is 1. The molecule has 0 N–H and O–H groups in total. The van der Waals surface area contributed by atoms with Crippen molar-refractivity contribution in [2.45, 2.75) is 13.0 Å². The highest BCUT2D eigenvalue weighted by molar-refractivity contribution is 5.11. The van der Waals surface area contributed by atoms with Crippen LogP contribution in [0, 0.1) is 12.3 Å². The average Bonchev–Trinajstić information content (AvgIpc) is 1.85. The van der Waals surface area contributed by atoms with Gasteiger partial charge in [-0.1, -0.05) is 24.0 Å². The largest absolute Gasteiger partial charge is 0.115 e. The molecule has 0 amide bonds.